The van der Waals surface area contributed by atoms with E-state index in [1.807, 2.05) is 30.3 Å². The SMILES string of the molecule is CC(C)C1=C2[C@H]3CC[C@@H]4[C@@]5(C)CC[C@H](OC(=O)CC(C)(C)C(=O)O)C(C)(C)[C@@H]5CC[C@@]4(C)[C@]3(C)CC[C@@]2(C(=O)Nc2cnc3ccccc3c2)CC1=O. The summed E-state index contributed by atoms with van der Waals surface area (Å²) in [6, 6.07) is 9.87. The second kappa shape index (κ2) is 12.5. The molecule has 1 aromatic carbocycles. The van der Waals surface area contributed by atoms with Gasteiger partial charge in [0.15, 0.2) is 5.78 Å². The molecule has 8 atom stereocenters. The summed E-state index contributed by atoms with van der Waals surface area (Å²) in [6.45, 7) is 19.4. The maximum Gasteiger partial charge on any atom is 0.309 e. The van der Waals surface area contributed by atoms with E-state index in [1.54, 1.807) is 20.0 Å². The number of amides is 1. The standard InChI is InChI=1S/C45H60N2O6/c1-26(2)36-31(48)23-45(38(50)47-28-22-27-12-10-11-13-30(27)46-25-28)21-20-43(8)29(37(36)45)14-15-33-42(7)18-17-34(53-35(49)24-40(3,4)39(51)52)41(5,6)32(42)16-19-44(33,43)9/h10-13,22,25-26,29,32-34H,14-21,23-24H2,1-9H3,(H,47,50)(H,51,52)/t29-,32+,33-,34+,42+,43-,44-,45-/m1/s1. The number of carbonyl (C=O) groups excluding carboxylic acids is 3. The van der Waals surface area contributed by atoms with Gasteiger partial charge >= 0.3 is 11.9 Å². The Morgan fingerprint density at radius 3 is 2.36 bits per heavy atom. The van der Waals surface area contributed by atoms with Crippen molar-refractivity contribution in [2.24, 2.45) is 56.2 Å². The monoisotopic (exact) mass is 724 g/mol. The molecule has 0 bridgehead atoms. The Morgan fingerprint density at radius 1 is 0.943 bits per heavy atom. The van der Waals surface area contributed by atoms with E-state index < -0.39 is 22.8 Å². The predicted molar refractivity (Wildman–Crippen MR) is 206 cm³/mol. The maximum atomic E-state index is 14.7. The van der Waals surface area contributed by atoms with E-state index in [4.69, 9.17) is 4.74 Å². The third kappa shape index (κ3) is 5.53. The Kier molecular flexibility index (Phi) is 8.90. The van der Waals surface area contributed by atoms with Gasteiger partial charge in [-0.15, -0.1) is 0 Å². The minimum Gasteiger partial charge on any atom is -0.481 e. The molecule has 0 spiro atoms. The molecular weight excluding hydrogens is 665 g/mol. The van der Waals surface area contributed by atoms with Crippen LogP contribution in [-0.2, 0) is 23.9 Å². The van der Waals surface area contributed by atoms with E-state index in [1.165, 1.54) is 0 Å². The molecule has 5 aliphatic rings. The molecule has 7 rings (SSSR count). The second-order valence-electron chi connectivity index (χ2n) is 19.9. The van der Waals surface area contributed by atoms with Gasteiger partial charge in [-0.3, -0.25) is 24.2 Å². The number of aliphatic carboxylic acids is 1. The van der Waals surface area contributed by atoms with Crippen LogP contribution in [0.15, 0.2) is 47.7 Å². The summed E-state index contributed by atoms with van der Waals surface area (Å²) in [4.78, 5) is 58.2. The molecule has 53 heavy (non-hydrogen) atoms. The molecule has 2 aromatic rings. The largest absolute Gasteiger partial charge is 0.481 e. The lowest BCUT2D eigenvalue weighted by Crippen LogP contribution is -2.66. The average molecular weight is 725 g/mol. The third-order valence-corrected chi connectivity index (χ3v) is 16.1. The van der Waals surface area contributed by atoms with Gasteiger partial charge in [-0.2, -0.15) is 0 Å². The van der Waals surface area contributed by atoms with Gasteiger partial charge in [0.1, 0.15) is 6.10 Å². The van der Waals surface area contributed by atoms with Crippen LogP contribution < -0.4 is 5.32 Å². The lowest BCUT2D eigenvalue weighted by molar-refractivity contribution is -0.233. The molecule has 1 aromatic heterocycles. The number of esters is 1. The summed E-state index contributed by atoms with van der Waals surface area (Å²) in [5.74, 6) is -0.395. The van der Waals surface area contributed by atoms with Crippen LogP contribution in [0.25, 0.3) is 10.9 Å². The Balaban J connectivity index is 1.18. The van der Waals surface area contributed by atoms with Crippen molar-refractivity contribution in [3.8, 4) is 0 Å². The zero-order valence-electron chi connectivity index (χ0n) is 33.4. The minimum atomic E-state index is -1.17. The minimum absolute atomic E-state index is 0.00208. The number of benzene rings is 1. The molecule has 0 saturated heterocycles. The van der Waals surface area contributed by atoms with Crippen LogP contribution in [0.3, 0.4) is 0 Å². The second-order valence-corrected chi connectivity index (χ2v) is 19.9. The van der Waals surface area contributed by atoms with Gasteiger partial charge in [-0.05, 0) is 128 Å². The molecule has 286 valence electrons. The topological polar surface area (TPSA) is 123 Å². The Bertz CT molecular complexity index is 1910. The normalized spacial score (nSPS) is 36.3. The number of ether oxygens (including phenoxy) is 1. The van der Waals surface area contributed by atoms with Gasteiger partial charge in [-0.25, -0.2) is 0 Å². The number of fused-ring (bicyclic) bond motifs is 8. The highest BCUT2D eigenvalue weighted by molar-refractivity contribution is 6.10. The van der Waals surface area contributed by atoms with Crippen LogP contribution in [0.5, 0.6) is 0 Å². The van der Waals surface area contributed by atoms with E-state index >= 15 is 0 Å². The van der Waals surface area contributed by atoms with Crippen molar-refractivity contribution in [3.05, 3.63) is 47.7 Å². The summed E-state index contributed by atoms with van der Waals surface area (Å²) in [5, 5.41) is 13.8. The molecule has 8 heteroatoms. The number of rotatable bonds is 7. The highest BCUT2D eigenvalue weighted by Crippen LogP contribution is 2.76. The summed E-state index contributed by atoms with van der Waals surface area (Å²) in [7, 11) is 0. The number of nitrogens with one attached hydrogen (secondary N) is 1. The van der Waals surface area contributed by atoms with E-state index in [2.05, 4.69) is 58.8 Å². The Hall–Kier alpha value is -3.55. The van der Waals surface area contributed by atoms with Crippen LogP contribution in [0, 0.1) is 56.2 Å². The zero-order valence-corrected chi connectivity index (χ0v) is 33.4. The van der Waals surface area contributed by atoms with Gasteiger partial charge in [0.05, 0.1) is 34.7 Å². The molecule has 4 fully saturated rings. The first-order chi connectivity index (χ1) is 24.7. The molecule has 8 nitrogen and oxygen atoms in total. The van der Waals surface area contributed by atoms with Crippen LogP contribution >= 0.6 is 0 Å². The Morgan fingerprint density at radius 2 is 1.66 bits per heavy atom. The molecule has 5 aliphatic carbocycles. The highest BCUT2D eigenvalue weighted by atomic mass is 16.5. The molecule has 4 saturated carbocycles. The van der Waals surface area contributed by atoms with Crippen LogP contribution in [0.4, 0.5) is 5.69 Å². The first-order valence-corrected chi connectivity index (χ1v) is 20.1. The van der Waals surface area contributed by atoms with E-state index in [-0.39, 0.29) is 64.1 Å². The number of allylic oxidation sites excluding steroid dienone is 1. The van der Waals surface area contributed by atoms with Crippen molar-refractivity contribution >= 4 is 40.2 Å². The van der Waals surface area contributed by atoms with E-state index in [0.29, 0.717) is 23.9 Å². The van der Waals surface area contributed by atoms with Crippen molar-refractivity contribution in [1.82, 2.24) is 4.98 Å². The summed E-state index contributed by atoms with van der Waals surface area (Å²) in [6.07, 6.45) is 8.87. The maximum absolute atomic E-state index is 14.7. The zero-order chi connectivity index (χ0) is 38.5. The molecule has 2 N–H and O–H groups in total. The van der Waals surface area contributed by atoms with E-state index in [9.17, 15) is 24.3 Å². The fourth-order valence-electron chi connectivity index (χ4n) is 13.1. The smallest absolute Gasteiger partial charge is 0.309 e. The molecule has 0 aliphatic heterocycles. The highest BCUT2D eigenvalue weighted by Gasteiger charge is 2.71. The van der Waals surface area contributed by atoms with Crippen LogP contribution in [-0.4, -0.2) is 39.8 Å². The summed E-state index contributed by atoms with van der Waals surface area (Å²) in [5.41, 5.74) is 1.21. The van der Waals surface area contributed by atoms with Crippen molar-refractivity contribution in [2.45, 2.75) is 133 Å². The number of carboxylic acid groups (broad SMARTS) is 1. The van der Waals surface area contributed by atoms with Crippen molar-refractivity contribution in [3.63, 3.8) is 0 Å². The number of nitrogens with zero attached hydrogens (tertiary/aromatic N) is 1. The summed E-state index contributed by atoms with van der Waals surface area (Å²) >= 11 is 0. The number of carbonyl (C=O) groups is 4. The van der Waals surface area contributed by atoms with Gasteiger partial charge < -0.3 is 15.2 Å². The molecule has 0 radical (unpaired) electrons. The number of aromatic nitrogens is 1. The third-order valence-electron chi connectivity index (χ3n) is 16.1. The fraction of sp³-hybridized carbons (Fsp3) is 0.667. The first-order valence-electron chi connectivity index (χ1n) is 20.1. The van der Waals surface area contributed by atoms with Crippen molar-refractivity contribution in [1.29, 1.82) is 0 Å². The lowest BCUT2D eigenvalue weighted by atomic mass is 9.33. The number of para-hydroxylation sites is 1. The quantitative estimate of drug-likeness (QED) is 0.273. The molecule has 1 heterocycles. The Labute approximate surface area is 315 Å². The fourth-order valence-corrected chi connectivity index (χ4v) is 13.1. The molecular formula is C45H60N2O6. The number of ketones is 1. The number of Topliss-reactive ketones (excluding diaryl/α,β-unsaturated/α-hetero) is 1. The van der Waals surface area contributed by atoms with Crippen molar-refractivity contribution < 1.29 is 29.0 Å². The molecule has 1 amide bonds. The number of hydrogen-bond acceptors (Lipinski definition) is 6. The number of pyridine rings is 1. The van der Waals surface area contributed by atoms with Gasteiger partial charge in [0.2, 0.25) is 5.91 Å². The summed E-state index contributed by atoms with van der Waals surface area (Å²) < 4.78 is 6.16. The number of hydrogen-bond donors (Lipinski definition) is 2. The van der Waals surface area contributed by atoms with Gasteiger partial charge in [0.25, 0.3) is 0 Å². The molecule has 0 unspecified atom stereocenters. The predicted octanol–water partition coefficient (Wildman–Crippen LogP) is 9.57. The van der Waals surface area contributed by atoms with Crippen LogP contribution in [0.2, 0.25) is 0 Å². The van der Waals surface area contributed by atoms with Gasteiger partial charge in [0, 0.05) is 17.2 Å². The first kappa shape index (κ1) is 37.8. The van der Waals surface area contributed by atoms with Crippen LogP contribution in [0.1, 0.15) is 127 Å². The van der Waals surface area contributed by atoms with Crippen molar-refractivity contribution in [2.75, 3.05) is 5.32 Å². The number of anilines is 1. The van der Waals surface area contributed by atoms with Gasteiger partial charge in [-0.1, -0.05) is 66.7 Å². The van der Waals surface area contributed by atoms with E-state index in [0.717, 1.165) is 67.0 Å². The average Bonchev–Trinajstić information content (AvgIpc) is 3.39. The lowest BCUT2D eigenvalue weighted by Gasteiger charge is -2.72. The number of carboxylic acids is 1.